The van der Waals surface area contributed by atoms with Gasteiger partial charge >= 0.3 is 0 Å². The Hall–Kier alpha value is -8.72. The number of furan rings is 2. The predicted octanol–water partition coefficient (Wildman–Crippen LogP) is 18.4. The standard InChI is InChI=1S/C64H38O2/c1-3-15-39(16-4-1)43-21-11-25-51-55(43)37-56-44(40-17-5-2-6-18-40)22-12-26-52(56)63(51)64-53-27-13-23-45(41-31-33-49-47-19-7-9-29-59(47)65-61(49)35-41)57(53)38-58-46(24-14-28-54(58)64)42-32-34-50-48-20-8-10-30-60(48)66-62(50)36-42/h1-38H. The summed E-state index contributed by atoms with van der Waals surface area (Å²) in [6.07, 6.45) is 0. The van der Waals surface area contributed by atoms with Crippen LogP contribution in [0.25, 0.3) is 143 Å². The first kappa shape index (κ1) is 36.7. The van der Waals surface area contributed by atoms with Crippen LogP contribution < -0.4 is 0 Å². The van der Waals surface area contributed by atoms with Crippen LogP contribution in [0.5, 0.6) is 0 Å². The van der Waals surface area contributed by atoms with Gasteiger partial charge in [-0.25, -0.2) is 0 Å². The van der Waals surface area contributed by atoms with E-state index in [4.69, 9.17) is 8.83 Å². The lowest BCUT2D eigenvalue weighted by Crippen LogP contribution is -1.94. The van der Waals surface area contributed by atoms with E-state index in [0.29, 0.717) is 0 Å². The van der Waals surface area contributed by atoms with Crippen LogP contribution in [0.4, 0.5) is 0 Å². The van der Waals surface area contributed by atoms with Crippen molar-refractivity contribution in [2.24, 2.45) is 0 Å². The molecule has 0 fully saturated rings. The molecule has 0 atom stereocenters. The molecule has 0 N–H and O–H groups in total. The predicted molar refractivity (Wildman–Crippen MR) is 278 cm³/mol. The highest BCUT2D eigenvalue weighted by Gasteiger charge is 2.23. The summed E-state index contributed by atoms with van der Waals surface area (Å²) in [6.45, 7) is 0. The molecule has 0 unspecified atom stereocenters. The molecule has 0 saturated heterocycles. The van der Waals surface area contributed by atoms with Gasteiger partial charge in [-0.2, -0.15) is 0 Å². The number of fused-ring (bicyclic) bond motifs is 10. The summed E-state index contributed by atoms with van der Waals surface area (Å²) in [5, 5.41) is 14.1. The highest BCUT2D eigenvalue weighted by atomic mass is 16.3. The molecular weight excluding hydrogens is 801 g/mol. The minimum absolute atomic E-state index is 0.883. The van der Waals surface area contributed by atoms with Gasteiger partial charge in [-0.15, -0.1) is 0 Å². The van der Waals surface area contributed by atoms with E-state index in [9.17, 15) is 0 Å². The van der Waals surface area contributed by atoms with Crippen molar-refractivity contribution < 1.29 is 8.83 Å². The first-order valence-corrected chi connectivity index (χ1v) is 22.6. The highest BCUT2D eigenvalue weighted by Crippen LogP contribution is 2.50. The van der Waals surface area contributed by atoms with Gasteiger partial charge in [0.2, 0.25) is 0 Å². The van der Waals surface area contributed by atoms with Gasteiger partial charge in [0.25, 0.3) is 0 Å². The maximum atomic E-state index is 6.51. The maximum Gasteiger partial charge on any atom is 0.136 e. The van der Waals surface area contributed by atoms with Gasteiger partial charge in [0, 0.05) is 21.5 Å². The van der Waals surface area contributed by atoms with Crippen molar-refractivity contribution in [1.82, 2.24) is 0 Å². The SMILES string of the molecule is c1ccc(-c2cccc3c(-c4c5cccc(-c6ccc7c(c6)oc6ccccc67)c5cc5c(-c6ccc7c(c6)oc6ccccc67)cccc45)c4cccc(-c5ccccc5)c4cc23)cc1. The number of hydrogen-bond donors (Lipinski definition) is 0. The summed E-state index contributed by atoms with van der Waals surface area (Å²) in [7, 11) is 0. The first-order valence-electron chi connectivity index (χ1n) is 22.6. The molecule has 2 aromatic heterocycles. The summed E-state index contributed by atoms with van der Waals surface area (Å²) in [5.41, 5.74) is 15.3. The van der Waals surface area contributed by atoms with Gasteiger partial charge in [0.05, 0.1) is 0 Å². The second-order valence-corrected chi connectivity index (χ2v) is 17.5. The second kappa shape index (κ2) is 14.4. The zero-order valence-corrected chi connectivity index (χ0v) is 35.8. The van der Waals surface area contributed by atoms with Gasteiger partial charge < -0.3 is 8.83 Å². The zero-order valence-electron chi connectivity index (χ0n) is 35.8. The average molecular weight is 839 g/mol. The summed E-state index contributed by atoms with van der Waals surface area (Å²) < 4.78 is 13.0. The van der Waals surface area contributed by atoms with Gasteiger partial charge in [-0.3, -0.25) is 0 Å². The number of rotatable bonds is 5. The van der Waals surface area contributed by atoms with Crippen molar-refractivity contribution in [1.29, 1.82) is 0 Å². The molecule has 2 nitrogen and oxygen atoms in total. The molecule has 2 heterocycles. The van der Waals surface area contributed by atoms with Gasteiger partial charge in [0.15, 0.2) is 0 Å². The Morgan fingerprint density at radius 1 is 0.182 bits per heavy atom. The molecule has 0 aliphatic carbocycles. The third kappa shape index (κ3) is 5.55. The quantitative estimate of drug-likeness (QED) is 0.161. The lowest BCUT2D eigenvalue weighted by Gasteiger charge is -2.22. The van der Waals surface area contributed by atoms with Crippen LogP contribution in [0.15, 0.2) is 239 Å². The van der Waals surface area contributed by atoms with Crippen LogP contribution in [0.1, 0.15) is 0 Å². The molecule has 0 amide bonds. The Morgan fingerprint density at radius 2 is 0.500 bits per heavy atom. The van der Waals surface area contributed by atoms with Crippen molar-refractivity contribution in [2.75, 3.05) is 0 Å². The van der Waals surface area contributed by atoms with E-state index in [1.165, 1.54) is 76.5 Å². The van der Waals surface area contributed by atoms with E-state index in [-0.39, 0.29) is 0 Å². The van der Waals surface area contributed by atoms with E-state index >= 15 is 0 Å². The number of hydrogen-bond acceptors (Lipinski definition) is 2. The minimum Gasteiger partial charge on any atom is -0.456 e. The fourth-order valence-corrected chi connectivity index (χ4v) is 10.9. The lowest BCUT2D eigenvalue weighted by atomic mass is 9.81. The molecule has 0 bridgehead atoms. The van der Waals surface area contributed by atoms with Crippen LogP contribution >= 0.6 is 0 Å². The molecule has 0 spiro atoms. The minimum atomic E-state index is 0.883. The molecule has 306 valence electrons. The van der Waals surface area contributed by atoms with E-state index in [2.05, 4.69) is 218 Å². The van der Waals surface area contributed by atoms with Gasteiger partial charge in [0.1, 0.15) is 22.3 Å². The van der Waals surface area contributed by atoms with E-state index in [1.54, 1.807) is 0 Å². The van der Waals surface area contributed by atoms with Crippen LogP contribution in [0, 0.1) is 0 Å². The Balaban J connectivity index is 1.14. The lowest BCUT2D eigenvalue weighted by molar-refractivity contribution is 0.668. The molecule has 2 heteroatoms. The molecule has 0 aliphatic heterocycles. The summed E-state index contributed by atoms with van der Waals surface area (Å²) in [4.78, 5) is 0. The van der Waals surface area contributed by atoms with Crippen LogP contribution in [-0.2, 0) is 0 Å². The molecule has 0 aliphatic rings. The Labute approximate surface area is 380 Å². The topological polar surface area (TPSA) is 26.3 Å². The van der Waals surface area contributed by atoms with Gasteiger partial charge in [-0.1, -0.05) is 182 Å². The van der Waals surface area contributed by atoms with Crippen LogP contribution in [0.2, 0.25) is 0 Å². The largest absolute Gasteiger partial charge is 0.456 e. The summed E-state index contributed by atoms with van der Waals surface area (Å²) in [6, 6.07) is 83.9. The molecule has 12 aromatic carbocycles. The fourth-order valence-electron chi connectivity index (χ4n) is 10.9. The first-order chi connectivity index (χ1) is 32.7. The Morgan fingerprint density at radius 3 is 0.894 bits per heavy atom. The molecule has 0 radical (unpaired) electrons. The van der Waals surface area contributed by atoms with Crippen molar-refractivity contribution in [3.8, 4) is 55.6 Å². The highest BCUT2D eigenvalue weighted by molar-refractivity contribution is 6.28. The van der Waals surface area contributed by atoms with E-state index in [0.717, 1.165) is 66.1 Å². The summed E-state index contributed by atoms with van der Waals surface area (Å²) >= 11 is 0. The molecule has 14 aromatic rings. The molecule has 0 saturated carbocycles. The Kier molecular flexibility index (Phi) is 8.02. The summed E-state index contributed by atoms with van der Waals surface area (Å²) in [5.74, 6) is 0. The van der Waals surface area contributed by atoms with Gasteiger partial charge in [-0.05, 0) is 147 Å². The smallest absolute Gasteiger partial charge is 0.136 e. The Bertz CT molecular complexity index is 4000. The molecule has 14 rings (SSSR count). The third-order valence-electron chi connectivity index (χ3n) is 13.9. The monoisotopic (exact) mass is 838 g/mol. The number of para-hydroxylation sites is 2. The normalized spacial score (nSPS) is 11.9. The van der Waals surface area contributed by atoms with E-state index < -0.39 is 0 Å². The zero-order chi connectivity index (χ0) is 43.3. The van der Waals surface area contributed by atoms with Crippen molar-refractivity contribution in [3.63, 3.8) is 0 Å². The second-order valence-electron chi connectivity index (χ2n) is 17.5. The van der Waals surface area contributed by atoms with Crippen LogP contribution in [-0.4, -0.2) is 0 Å². The fraction of sp³-hybridized carbons (Fsp3) is 0. The van der Waals surface area contributed by atoms with Crippen LogP contribution in [0.3, 0.4) is 0 Å². The average Bonchev–Trinajstić information content (AvgIpc) is 3.95. The molecule has 66 heavy (non-hydrogen) atoms. The van der Waals surface area contributed by atoms with Crippen molar-refractivity contribution in [3.05, 3.63) is 231 Å². The van der Waals surface area contributed by atoms with Crippen molar-refractivity contribution in [2.45, 2.75) is 0 Å². The molecular formula is C64H38O2. The third-order valence-corrected chi connectivity index (χ3v) is 13.9. The van der Waals surface area contributed by atoms with E-state index in [1.807, 2.05) is 12.1 Å². The van der Waals surface area contributed by atoms with Crippen molar-refractivity contribution >= 4 is 87.0 Å². The maximum absolute atomic E-state index is 6.51. The number of benzene rings is 12.